The number of hydrogen-bond donors (Lipinski definition) is 1. The van der Waals surface area contributed by atoms with E-state index in [9.17, 15) is 4.79 Å². The number of nitrogens with zero attached hydrogens (tertiary/aromatic N) is 3. The molecule has 0 atom stereocenters. The minimum Gasteiger partial charge on any atom is -0.335 e. The van der Waals surface area contributed by atoms with Gasteiger partial charge in [0.1, 0.15) is 0 Å². The molecule has 1 aliphatic heterocycles. The van der Waals surface area contributed by atoms with Gasteiger partial charge in [0.15, 0.2) is 0 Å². The number of likely N-dealkylation sites (tertiary alicyclic amines) is 1. The van der Waals surface area contributed by atoms with Gasteiger partial charge in [-0.2, -0.15) is 10.2 Å². The van der Waals surface area contributed by atoms with Crippen molar-refractivity contribution in [1.29, 1.82) is 0 Å². The molecule has 15 heavy (non-hydrogen) atoms. The van der Waals surface area contributed by atoms with Gasteiger partial charge in [-0.3, -0.25) is 4.79 Å². The van der Waals surface area contributed by atoms with E-state index in [1.54, 1.807) is 11.0 Å². The molecule has 1 aromatic heterocycles. The highest BCUT2D eigenvalue weighted by atomic mass is 16.2. The van der Waals surface area contributed by atoms with Crippen molar-refractivity contribution in [3.8, 4) is 0 Å². The first-order valence-corrected chi connectivity index (χ1v) is 4.99. The number of hydrogen-bond acceptors (Lipinski definition) is 4. The van der Waals surface area contributed by atoms with Crippen LogP contribution in [0.25, 0.3) is 0 Å². The molecule has 0 radical (unpaired) electrons. The Kier molecular flexibility index (Phi) is 2.40. The summed E-state index contributed by atoms with van der Waals surface area (Å²) in [6.45, 7) is 3.30. The predicted octanol–water partition coefficient (Wildman–Crippen LogP) is 0.0399. The molecule has 0 aliphatic carbocycles. The Morgan fingerprint density at radius 3 is 2.87 bits per heavy atom. The van der Waals surface area contributed by atoms with Crippen molar-refractivity contribution in [2.75, 3.05) is 13.1 Å². The van der Waals surface area contributed by atoms with Crippen LogP contribution in [-0.4, -0.2) is 39.6 Å². The van der Waals surface area contributed by atoms with Gasteiger partial charge in [0.2, 0.25) is 0 Å². The van der Waals surface area contributed by atoms with Crippen molar-refractivity contribution in [2.24, 2.45) is 5.73 Å². The highest BCUT2D eigenvalue weighted by molar-refractivity contribution is 5.94. The second-order valence-corrected chi connectivity index (χ2v) is 4.01. The fourth-order valence-electron chi connectivity index (χ4n) is 1.68. The summed E-state index contributed by atoms with van der Waals surface area (Å²) in [5.74, 6) is -0.0144. The highest BCUT2D eigenvalue weighted by Crippen LogP contribution is 2.22. The van der Waals surface area contributed by atoms with E-state index in [4.69, 9.17) is 5.73 Å². The van der Waals surface area contributed by atoms with E-state index in [1.807, 2.05) is 6.92 Å². The Morgan fingerprint density at radius 2 is 2.33 bits per heavy atom. The van der Waals surface area contributed by atoms with Gasteiger partial charge >= 0.3 is 0 Å². The largest absolute Gasteiger partial charge is 0.335 e. The average Bonchev–Trinajstić information content (AvgIpc) is 2.25. The minimum atomic E-state index is -0.184. The fraction of sp³-hybridized carbons (Fsp3) is 0.500. The lowest BCUT2D eigenvalue weighted by Crippen LogP contribution is -2.68. The van der Waals surface area contributed by atoms with E-state index in [0.29, 0.717) is 18.7 Å². The van der Waals surface area contributed by atoms with E-state index >= 15 is 0 Å². The summed E-state index contributed by atoms with van der Waals surface area (Å²) in [4.78, 5) is 13.6. The Hall–Kier alpha value is -1.49. The quantitative estimate of drug-likeness (QED) is 0.741. The second kappa shape index (κ2) is 3.58. The first-order valence-electron chi connectivity index (χ1n) is 4.99. The van der Waals surface area contributed by atoms with E-state index in [0.717, 1.165) is 6.42 Å². The zero-order valence-electron chi connectivity index (χ0n) is 8.68. The fourth-order valence-corrected chi connectivity index (χ4v) is 1.68. The maximum atomic E-state index is 11.8. The standard InChI is InChI=1S/C10H14N4O/c1-2-10(11)6-14(7-10)9(15)8-3-4-12-13-5-8/h3-5H,2,6-7,11H2,1H3. The molecular formula is C10H14N4O. The lowest BCUT2D eigenvalue weighted by molar-refractivity contribution is 0.0401. The smallest absolute Gasteiger partial charge is 0.255 e. The van der Waals surface area contributed by atoms with Crippen LogP contribution in [0.1, 0.15) is 23.7 Å². The molecule has 0 spiro atoms. The molecule has 0 bridgehead atoms. The molecule has 5 nitrogen and oxygen atoms in total. The molecular weight excluding hydrogens is 192 g/mol. The summed E-state index contributed by atoms with van der Waals surface area (Å²) in [7, 11) is 0. The molecule has 1 aromatic rings. The van der Waals surface area contributed by atoms with Crippen molar-refractivity contribution in [3.63, 3.8) is 0 Å². The van der Waals surface area contributed by atoms with Crippen LogP contribution in [-0.2, 0) is 0 Å². The Morgan fingerprint density at radius 1 is 1.60 bits per heavy atom. The molecule has 2 heterocycles. The first kappa shape index (κ1) is 10.0. The van der Waals surface area contributed by atoms with Gasteiger partial charge in [-0.25, -0.2) is 0 Å². The van der Waals surface area contributed by atoms with Crippen LogP contribution in [0.2, 0.25) is 0 Å². The summed E-state index contributed by atoms with van der Waals surface area (Å²) in [5, 5.41) is 7.30. The highest BCUT2D eigenvalue weighted by Gasteiger charge is 2.40. The van der Waals surface area contributed by atoms with Crippen molar-refractivity contribution in [3.05, 3.63) is 24.0 Å². The van der Waals surface area contributed by atoms with Crippen LogP contribution < -0.4 is 5.73 Å². The SMILES string of the molecule is CCC1(N)CN(C(=O)c2ccnnc2)C1. The van der Waals surface area contributed by atoms with Gasteiger partial charge in [0, 0.05) is 13.1 Å². The normalized spacial score (nSPS) is 18.4. The van der Waals surface area contributed by atoms with Crippen LogP contribution in [0.5, 0.6) is 0 Å². The Bertz CT molecular complexity index is 359. The van der Waals surface area contributed by atoms with E-state index < -0.39 is 0 Å². The van der Waals surface area contributed by atoms with Crippen LogP contribution in [0, 0.1) is 0 Å². The van der Waals surface area contributed by atoms with Crippen molar-refractivity contribution in [2.45, 2.75) is 18.9 Å². The number of carbonyl (C=O) groups excluding carboxylic acids is 1. The third kappa shape index (κ3) is 1.83. The molecule has 1 fully saturated rings. The van der Waals surface area contributed by atoms with Crippen molar-refractivity contribution in [1.82, 2.24) is 15.1 Å². The third-order valence-corrected chi connectivity index (χ3v) is 2.83. The lowest BCUT2D eigenvalue weighted by atomic mass is 9.88. The first-order chi connectivity index (χ1) is 7.14. The number of carbonyl (C=O) groups is 1. The maximum absolute atomic E-state index is 11.8. The molecule has 2 N–H and O–H groups in total. The molecule has 0 saturated carbocycles. The summed E-state index contributed by atoms with van der Waals surface area (Å²) < 4.78 is 0. The summed E-state index contributed by atoms with van der Waals surface area (Å²) in [6.07, 6.45) is 3.89. The zero-order valence-corrected chi connectivity index (χ0v) is 8.68. The van der Waals surface area contributed by atoms with Gasteiger partial charge in [-0.05, 0) is 12.5 Å². The summed E-state index contributed by atoms with van der Waals surface area (Å²) in [5.41, 5.74) is 6.37. The molecule has 1 amide bonds. The van der Waals surface area contributed by atoms with E-state index in [2.05, 4.69) is 10.2 Å². The monoisotopic (exact) mass is 206 g/mol. The summed E-state index contributed by atoms with van der Waals surface area (Å²) >= 11 is 0. The molecule has 1 saturated heterocycles. The number of nitrogens with two attached hydrogens (primary N) is 1. The average molecular weight is 206 g/mol. The number of aromatic nitrogens is 2. The number of amides is 1. The van der Waals surface area contributed by atoms with Gasteiger partial charge < -0.3 is 10.6 Å². The van der Waals surface area contributed by atoms with E-state index in [-0.39, 0.29) is 11.4 Å². The molecule has 2 rings (SSSR count). The Balaban J connectivity index is 2.01. The summed E-state index contributed by atoms with van der Waals surface area (Å²) in [6, 6.07) is 1.66. The molecule has 80 valence electrons. The third-order valence-electron chi connectivity index (χ3n) is 2.83. The maximum Gasteiger partial charge on any atom is 0.255 e. The van der Waals surface area contributed by atoms with Gasteiger partial charge in [0.05, 0.1) is 23.5 Å². The van der Waals surface area contributed by atoms with Crippen LogP contribution >= 0.6 is 0 Å². The molecule has 0 aromatic carbocycles. The molecule has 5 heteroatoms. The second-order valence-electron chi connectivity index (χ2n) is 4.01. The van der Waals surface area contributed by atoms with Gasteiger partial charge in [0.25, 0.3) is 5.91 Å². The number of rotatable bonds is 2. The van der Waals surface area contributed by atoms with Crippen LogP contribution in [0.4, 0.5) is 0 Å². The van der Waals surface area contributed by atoms with Crippen LogP contribution in [0.3, 0.4) is 0 Å². The zero-order chi connectivity index (χ0) is 10.9. The van der Waals surface area contributed by atoms with Crippen molar-refractivity contribution < 1.29 is 4.79 Å². The lowest BCUT2D eigenvalue weighted by Gasteiger charge is -2.47. The topological polar surface area (TPSA) is 72.1 Å². The minimum absolute atomic E-state index is 0.0144. The van der Waals surface area contributed by atoms with E-state index in [1.165, 1.54) is 12.4 Å². The van der Waals surface area contributed by atoms with Crippen LogP contribution in [0.15, 0.2) is 18.5 Å². The Labute approximate surface area is 88.3 Å². The predicted molar refractivity (Wildman–Crippen MR) is 55.1 cm³/mol. The molecule has 0 unspecified atom stereocenters. The van der Waals surface area contributed by atoms with Gasteiger partial charge in [-0.15, -0.1) is 0 Å². The van der Waals surface area contributed by atoms with Crippen molar-refractivity contribution >= 4 is 5.91 Å². The van der Waals surface area contributed by atoms with Gasteiger partial charge in [-0.1, -0.05) is 6.92 Å². The molecule has 1 aliphatic rings.